The van der Waals surface area contributed by atoms with Crippen molar-refractivity contribution in [3.63, 3.8) is 0 Å². The minimum atomic E-state index is -1.76. The van der Waals surface area contributed by atoms with Gasteiger partial charge in [-0.1, -0.05) is 39.8 Å². The highest BCUT2D eigenvalue weighted by molar-refractivity contribution is 6.74. The number of hydrogen-bond donors (Lipinski definition) is 1. The van der Waals surface area contributed by atoms with Gasteiger partial charge < -0.3 is 19.3 Å². The van der Waals surface area contributed by atoms with Crippen molar-refractivity contribution in [2.75, 3.05) is 20.1 Å². The summed E-state index contributed by atoms with van der Waals surface area (Å²) >= 11 is 0. The van der Waals surface area contributed by atoms with Gasteiger partial charge in [0.2, 0.25) is 0 Å². The molecule has 250 valence electrons. The Morgan fingerprint density at radius 3 is 2.36 bits per heavy atom. The Labute approximate surface area is 267 Å². The van der Waals surface area contributed by atoms with Gasteiger partial charge in [0.15, 0.2) is 8.32 Å². The van der Waals surface area contributed by atoms with Gasteiger partial charge in [0.1, 0.15) is 0 Å². The molecule has 1 heterocycles. The molecule has 5 fully saturated rings. The Hall–Kier alpha value is -1.61. The lowest BCUT2D eigenvalue weighted by atomic mass is 9.44. The van der Waals surface area contributed by atoms with Crippen molar-refractivity contribution < 1.29 is 24.0 Å². The van der Waals surface area contributed by atoms with Crippen LogP contribution in [-0.4, -0.2) is 73.4 Å². The third kappa shape index (κ3) is 6.10. The van der Waals surface area contributed by atoms with Crippen LogP contribution in [0, 0.1) is 40.4 Å². The summed E-state index contributed by atoms with van der Waals surface area (Å²) in [5.41, 5.74) is 1.56. The monoisotopic (exact) mass is 631 g/mol. The second-order valence-electron chi connectivity index (χ2n) is 17.3. The van der Waals surface area contributed by atoms with Crippen LogP contribution in [0.2, 0.25) is 18.1 Å². The Bertz CT molecular complexity index is 1120. The summed E-state index contributed by atoms with van der Waals surface area (Å²) in [6.45, 7) is 19.9. The molecule has 4 saturated carbocycles. The Morgan fingerprint density at radius 2 is 1.68 bits per heavy atom. The fourth-order valence-electron chi connectivity index (χ4n) is 10.5. The topological polar surface area (TPSA) is 91.7 Å². The largest absolute Gasteiger partial charge is 0.465 e. The van der Waals surface area contributed by atoms with Gasteiger partial charge in [0.05, 0.1) is 11.8 Å². The Kier molecular flexibility index (Phi) is 9.36. The van der Waals surface area contributed by atoms with Crippen LogP contribution < -0.4 is 0 Å². The number of amides is 2. The van der Waals surface area contributed by atoms with Crippen molar-refractivity contribution in [3.8, 4) is 0 Å². The molecule has 0 aromatic carbocycles. The molecule has 1 N–H and O–H groups in total. The lowest BCUT2D eigenvalue weighted by Gasteiger charge is -2.61. The van der Waals surface area contributed by atoms with Crippen LogP contribution in [0.3, 0.4) is 0 Å². The van der Waals surface area contributed by atoms with E-state index in [-0.39, 0.29) is 16.5 Å². The molecule has 5 aliphatic rings. The maximum Gasteiger partial charge on any atom is 0.435 e. The molecule has 8 nitrogen and oxygen atoms in total. The van der Waals surface area contributed by atoms with Gasteiger partial charge in [0, 0.05) is 32.2 Å². The van der Waals surface area contributed by atoms with Gasteiger partial charge in [-0.2, -0.15) is 0 Å². The first-order valence-corrected chi connectivity index (χ1v) is 20.5. The standard InChI is InChI=1S/C35H61N3O5Si/c1-23(36-42-32(41)37(7)22-25-11-10-20-38(25)31(39)40)28-14-15-29-27-13-12-24-21-26(43-44(8,9)33(2,3)4)16-18-34(24,5)30(27)17-19-35(28,29)6/h24-30H,10-22H2,1-9H3,(H,39,40)/t24?,25-,26+,27-,28+,29-,30-,34-,35+/m0/s1. The highest BCUT2D eigenvalue weighted by Crippen LogP contribution is 2.67. The molecule has 0 aromatic heterocycles. The molecule has 9 atom stereocenters. The SMILES string of the molecule is CC(=NOC(=O)N(C)C[C@@H]1CCCN1C(=O)O)[C@H]1CC[C@H]2[C@@H]3CCC4C[C@H](O[Si](C)(C)C(C)(C)C)CC[C@]4(C)[C@H]3CC[C@]12C. The molecule has 0 aromatic rings. The Balaban J connectivity index is 1.19. The summed E-state index contributed by atoms with van der Waals surface area (Å²) in [5.74, 6) is 3.40. The molecule has 1 aliphatic heterocycles. The lowest BCUT2D eigenvalue weighted by Crippen LogP contribution is -2.55. The molecule has 5 rings (SSSR count). The number of hydrogen-bond acceptors (Lipinski definition) is 5. The second kappa shape index (κ2) is 12.2. The van der Waals surface area contributed by atoms with E-state index in [1.807, 2.05) is 6.92 Å². The average molecular weight is 632 g/mol. The molecule has 44 heavy (non-hydrogen) atoms. The number of carbonyl (C=O) groups is 2. The second-order valence-corrected chi connectivity index (χ2v) is 22.1. The number of rotatable bonds is 6. The van der Waals surface area contributed by atoms with Gasteiger partial charge in [-0.25, -0.2) is 9.59 Å². The van der Waals surface area contributed by atoms with Crippen molar-refractivity contribution in [2.45, 2.75) is 142 Å². The maximum atomic E-state index is 12.8. The first-order chi connectivity index (χ1) is 20.5. The summed E-state index contributed by atoms with van der Waals surface area (Å²) in [7, 11) is -0.0880. The molecule has 1 unspecified atom stereocenters. The van der Waals surface area contributed by atoms with Crippen molar-refractivity contribution in [3.05, 3.63) is 0 Å². The Morgan fingerprint density at radius 1 is 1.00 bits per heavy atom. The van der Waals surface area contributed by atoms with Crippen molar-refractivity contribution in [2.24, 2.45) is 45.6 Å². The number of oxime groups is 1. The van der Waals surface area contributed by atoms with Gasteiger partial charge in [-0.15, -0.1) is 0 Å². The molecule has 0 bridgehead atoms. The van der Waals surface area contributed by atoms with Crippen LogP contribution in [0.1, 0.15) is 112 Å². The first-order valence-electron chi connectivity index (χ1n) is 17.6. The maximum absolute atomic E-state index is 12.8. The van der Waals surface area contributed by atoms with Crippen molar-refractivity contribution >= 4 is 26.2 Å². The summed E-state index contributed by atoms with van der Waals surface area (Å²) in [6.07, 6.45) is 11.9. The van der Waals surface area contributed by atoms with Crippen molar-refractivity contribution in [1.29, 1.82) is 0 Å². The third-order valence-corrected chi connectivity index (χ3v) is 18.6. The lowest BCUT2D eigenvalue weighted by molar-refractivity contribution is -0.122. The van der Waals surface area contributed by atoms with Crippen LogP contribution >= 0.6 is 0 Å². The first kappa shape index (κ1) is 33.7. The zero-order valence-corrected chi connectivity index (χ0v) is 30.2. The number of likely N-dealkylation sites (tertiary alicyclic amines) is 1. The molecular weight excluding hydrogens is 570 g/mol. The van der Waals surface area contributed by atoms with Crippen LogP contribution in [0.5, 0.6) is 0 Å². The third-order valence-electron chi connectivity index (χ3n) is 14.1. The van der Waals surface area contributed by atoms with E-state index < -0.39 is 20.5 Å². The van der Waals surface area contributed by atoms with Crippen LogP contribution in [0.15, 0.2) is 5.16 Å². The van der Waals surface area contributed by atoms with Gasteiger partial charge in [-0.3, -0.25) is 4.84 Å². The minimum Gasteiger partial charge on any atom is -0.465 e. The molecule has 1 saturated heterocycles. The number of likely N-dealkylation sites (N-methyl/N-ethyl adjacent to an activating group) is 1. The fraction of sp³-hybridized carbons (Fsp3) is 0.914. The van der Waals surface area contributed by atoms with E-state index in [1.54, 1.807) is 7.05 Å². The van der Waals surface area contributed by atoms with E-state index in [9.17, 15) is 14.7 Å². The summed E-state index contributed by atoms with van der Waals surface area (Å²) < 4.78 is 6.96. The summed E-state index contributed by atoms with van der Waals surface area (Å²) in [5, 5.41) is 14.1. The van der Waals surface area contributed by atoms with E-state index in [2.05, 4.69) is 52.9 Å². The van der Waals surface area contributed by atoms with E-state index in [4.69, 9.17) is 9.26 Å². The van der Waals surface area contributed by atoms with Crippen LogP contribution in [-0.2, 0) is 9.26 Å². The van der Waals surface area contributed by atoms with E-state index in [0.717, 1.165) is 42.7 Å². The number of carbonyl (C=O) groups excluding carboxylic acids is 1. The predicted octanol–water partition coefficient (Wildman–Crippen LogP) is 8.62. The van der Waals surface area contributed by atoms with E-state index in [1.165, 1.54) is 61.2 Å². The zero-order valence-electron chi connectivity index (χ0n) is 29.2. The van der Waals surface area contributed by atoms with E-state index >= 15 is 0 Å². The predicted molar refractivity (Wildman–Crippen MR) is 177 cm³/mol. The van der Waals surface area contributed by atoms with Crippen LogP contribution in [0.4, 0.5) is 9.59 Å². The van der Waals surface area contributed by atoms with E-state index in [0.29, 0.717) is 36.4 Å². The molecule has 2 amide bonds. The van der Waals surface area contributed by atoms with Gasteiger partial charge in [-0.05, 0) is 130 Å². The highest BCUT2D eigenvalue weighted by atomic mass is 28.4. The number of fused-ring (bicyclic) bond motifs is 5. The van der Waals surface area contributed by atoms with Crippen LogP contribution in [0.25, 0.3) is 0 Å². The fourth-order valence-corrected chi connectivity index (χ4v) is 11.9. The summed E-state index contributed by atoms with van der Waals surface area (Å²) in [6, 6.07) is -0.184. The number of nitrogens with zero attached hydrogens (tertiary/aromatic N) is 3. The molecule has 0 spiro atoms. The van der Waals surface area contributed by atoms with Gasteiger partial charge in [0.25, 0.3) is 0 Å². The molecule has 4 aliphatic carbocycles. The zero-order chi connectivity index (χ0) is 32.2. The number of carboxylic acid groups (broad SMARTS) is 1. The molecule has 9 heteroatoms. The summed E-state index contributed by atoms with van der Waals surface area (Å²) in [4.78, 5) is 32.7. The quantitative estimate of drug-likeness (QED) is 0.137. The molecule has 0 radical (unpaired) electrons. The highest BCUT2D eigenvalue weighted by Gasteiger charge is 2.61. The van der Waals surface area contributed by atoms with Gasteiger partial charge >= 0.3 is 12.2 Å². The van der Waals surface area contributed by atoms with Crippen molar-refractivity contribution in [1.82, 2.24) is 9.80 Å². The smallest absolute Gasteiger partial charge is 0.435 e. The average Bonchev–Trinajstić information content (AvgIpc) is 3.55. The minimum absolute atomic E-state index is 0.184. The normalized spacial score (nSPS) is 39.3. The molecular formula is C35H61N3O5Si.